The minimum Gasteiger partial charge on any atom is -0.384 e. The molecule has 1 heterocycles. The topological polar surface area (TPSA) is 89.3 Å². The first kappa shape index (κ1) is 9.31. The van der Waals surface area contributed by atoms with Crippen molar-refractivity contribution in [2.75, 3.05) is 12.8 Å². The second-order valence-corrected chi connectivity index (χ2v) is 2.59. The zero-order valence-electron chi connectivity index (χ0n) is 7.70. The summed E-state index contributed by atoms with van der Waals surface area (Å²) in [6.45, 7) is 1.84. The molecule has 0 atom stereocenters. The van der Waals surface area contributed by atoms with E-state index in [4.69, 9.17) is 11.5 Å². The zero-order chi connectivity index (χ0) is 9.84. The minimum absolute atomic E-state index is 0.410. The van der Waals surface area contributed by atoms with E-state index in [1.807, 2.05) is 6.92 Å². The molecule has 5 N–H and O–H groups in total. The van der Waals surface area contributed by atoms with E-state index in [1.165, 1.54) is 0 Å². The van der Waals surface area contributed by atoms with Crippen molar-refractivity contribution in [1.29, 1.82) is 0 Å². The fourth-order valence-electron chi connectivity index (χ4n) is 1.03. The number of aryl methyl sites for hydroxylation is 1. The molecular formula is C8H13N5. The van der Waals surface area contributed by atoms with Gasteiger partial charge in [0, 0.05) is 12.6 Å². The molecule has 5 heteroatoms. The monoisotopic (exact) mass is 179 g/mol. The molecule has 5 nitrogen and oxygen atoms in total. The lowest BCUT2D eigenvalue weighted by atomic mass is 10.2. The fourth-order valence-corrected chi connectivity index (χ4v) is 1.03. The Morgan fingerprint density at radius 2 is 2.23 bits per heavy atom. The Kier molecular flexibility index (Phi) is 2.69. The van der Waals surface area contributed by atoms with Crippen LogP contribution >= 0.6 is 0 Å². The molecule has 0 aliphatic heterocycles. The van der Waals surface area contributed by atoms with Crippen molar-refractivity contribution in [2.45, 2.75) is 6.92 Å². The van der Waals surface area contributed by atoms with Crippen LogP contribution in [0, 0.1) is 6.92 Å². The van der Waals surface area contributed by atoms with Gasteiger partial charge in [-0.1, -0.05) is 0 Å². The van der Waals surface area contributed by atoms with Gasteiger partial charge in [-0.2, -0.15) is 5.10 Å². The van der Waals surface area contributed by atoms with Crippen molar-refractivity contribution in [2.24, 2.45) is 10.8 Å². The van der Waals surface area contributed by atoms with Crippen LogP contribution in [-0.2, 0) is 0 Å². The molecule has 1 rings (SSSR count). The Hall–Kier alpha value is -1.78. The number of hydrazone groups is 1. The third kappa shape index (κ3) is 2.08. The van der Waals surface area contributed by atoms with Crippen molar-refractivity contribution in [1.82, 2.24) is 10.4 Å². The largest absolute Gasteiger partial charge is 0.384 e. The van der Waals surface area contributed by atoms with E-state index in [0.29, 0.717) is 11.7 Å². The molecule has 1 aromatic rings. The van der Waals surface area contributed by atoms with Crippen LogP contribution in [0.15, 0.2) is 17.2 Å². The molecule has 0 aliphatic carbocycles. The smallest absolute Gasteiger partial charge is 0.152 e. The third-order valence-electron chi connectivity index (χ3n) is 1.62. The molecular weight excluding hydrogens is 166 g/mol. The van der Waals surface area contributed by atoms with Gasteiger partial charge in [-0.05, 0) is 19.1 Å². The Morgan fingerprint density at radius 1 is 1.54 bits per heavy atom. The molecule has 0 radical (unpaired) electrons. The summed E-state index contributed by atoms with van der Waals surface area (Å²) >= 11 is 0. The minimum atomic E-state index is 0.410. The Morgan fingerprint density at radius 3 is 2.77 bits per heavy atom. The number of amidine groups is 1. The molecule has 13 heavy (non-hydrogen) atoms. The van der Waals surface area contributed by atoms with Crippen molar-refractivity contribution in [3.63, 3.8) is 0 Å². The Bertz CT molecular complexity index is 331. The summed E-state index contributed by atoms with van der Waals surface area (Å²) in [5.74, 6) is 0.894. The molecule has 0 aliphatic rings. The lowest BCUT2D eigenvalue weighted by Gasteiger charge is -2.04. The van der Waals surface area contributed by atoms with E-state index in [-0.39, 0.29) is 0 Å². The Labute approximate surface area is 76.8 Å². The van der Waals surface area contributed by atoms with E-state index in [9.17, 15) is 0 Å². The van der Waals surface area contributed by atoms with E-state index < -0.39 is 0 Å². The van der Waals surface area contributed by atoms with E-state index in [1.54, 1.807) is 19.2 Å². The highest BCUT2D eigenvalue weighted by Gasteiger charge is 2.03. The molecule has 0 bridgehead atoms. The van der Waals surface area contributed by atoms with Gasteiger partial charge in [0.15, 0.2) is 5.84 Å². The number of nitrogens with two attached hydrogens (primary N) is 2. The van der Waals surface area contributed by atoms with Crippen LogP contribution in [0.25, 0.3) is 0 Å². The zero-order valence-corrected chi connectivity index (χ0v) is 7.70. The first-order valence-electron chi connectivity index (χ1n) is 3.88. The summed E-state index contributed by atoms with van der Waals surface area (Å²) in [7, 11) is 1.69. The number of nitrogens with zero attached hydrogens (tertiary/aromatic N) is 2. The number of hydrogen-bond acceptors (Lipinski definition) is 4. The number of anilines is 1. The van der Waals surface area contributed by atoms with Crippen molar-refractivity contribution in [3.8, 4) is 0 Å². The van der Waals surface area contributed by atoms with Gasteiger partial charge < -0.3 is 16.9 Å². The van der Waals surface area contributed by atoms with Crippen LogP contribution in [0.4, 0.5) is 5.82 Å². The van der Waals surface area contributed by atoms with Gasteiger partial charge in [0.2, 0.25) is 0 Å². The summed E-state index contributed by atoms with van der Waals surface area (Å²) in [5.41, 5.74) is 15.3. The number of aromatic nitrogens is 1. The Balaban J connectivity index is 3.09. The third-order valence-corrected chi connectivity index (χ3v) is 1.62. The van der Waals surface area contributed by atoms with Crippen LogP contribution in [0.1, 0.15) is 11.3 Å². The highest BCUT2D eigenvalue weighted by atomic mass is 15.3. The first-order chi connectivity index (χ1) is 6.15. The molecule has 70 valence electrons. The summed E-state index contributed by atoms with van der Waals surface area (Å²) in [4.78, 5) is 4.07. The maximum Gasteiger partial charge on any atom is 0.152 e. The van der Waals surface area contributed by atoms with E-state index >= 15 is 0 Å². The second kappa shape index (κ2) is 3.75. The molecule has 0 amide bonds. The van der Waals surface area contributed by atoms with Gasteiger partial charge in [0.1, 0.15) is 5.82 Å². The summed E-state index contributed by atoms with van der Waals surface area (Å²) in [6.07, 6.45) is 0. The maximum atomic E-state index is 5.66. The van der Waals surface area contributed by atoms with Gasteiger partial charge in [0.25, 0.3) is 0 Å². The maximum absolute atomic E-state index is 5.66. The SMILES string of the molecule is CN/N=C(\N)c1ccc(N)nc1C. The molecule has 0 saturated heterocycles. The van der Waals surface area contributed by atoms with E-state index in [2.05, 4.69) is 15.5 Å². The van der Waals surface area contributed by atoms with Gasteiger partial charge in [-0.25, -0.2) is 4.98 Å². The number of rotatable bonds is 2. The highest BCUT2D eigenvalue weighted by Crippen LogP contribution is 2.06. The molecule has 0 fully saturated rings. The molecule has 0 unspecified atom stereocenters. The lowest BCUT2D eigenvalue weighted by Crippen LogP contribution is -2.19. The van der Waals surface area contributed by atoms with Crippen LogP contribution < -0.4 is 16.9 Å². The number of nitrogens with one attached hydrogen (secondary N) is 1. The van der Waals surface area contributed by atoms with Gasteiger partial charge >= 0.3 is 0 Å². The summed E-state index contributed by atoms with van der Waals surface area (Å²) in [5, 5.41) is 3.85. The van der Waals surface area contributed by atoms with Gasteiger partial charge in [0.05, 0.1) is 5.69 Å². The quantitative estimate of drug-likeness (QED) is 0.333. The standard InChI is InChI=1S/C8H13N5/c1-5-6(8(10)13-11-2)3-4-7(9)12-5/h3-4,11H,1-2H3,(H2,9,12)(H2,10,13). The van der Waals surface area contributed by atoms with Gasteiger partial charge in [-0.15, -0.1) is 0 Å². The first-order valence-corrected chi connectivity index (χ1v) is 3.88. The predicted octanol–water partition coefficient (Wildman–Crippen LogP) is -0.188. The number of nitrogen functional groups attached to an aromatic ring is 1. The second-order valence-electron chi connectivity index (χ2n) is 2.59. The van der Waals surface area contributed by atoms with Crippen LogP contribution in [-0.4, -0.2) is 17.9 Å². The van der Waals surface area contributed by atoms with Crippen LogP contribution in [0.2, 0.25) is 0 Å². The average Bonchev–Trinajstić information content (AvgIpc) is 2.04. The predicted molar refractivity (Wildman–Crippen MR) is 53.2 cm³/mol. The normalized spacial score (nSPS) is 11.4. The van der Waals surface area contributed by atoms with Crippen molar-refractivity contribution < 1.29 is 0 Å². The lowest BCUT2D eigenvalue weighted by molar-refractivity contribution is 0.897. The molecule has 0 spiro atoms. The molecule has 0 saturated carbocycles. The highest BCUT2D eigenvalue weighted by molar-refractivity contribution is 5.98. The number of hydrogen-bond donors (Lipinski definition) is 3. The van der Waals surface area contributed by atoms with Gasteiger partial charge in [-0.3, -0.25) is 0 Å². The van der Waals surface area contributed by atoms with Crippen LogP contribution in [0.5, 0.6) is 0 Å². The molecule has 0 aromatic carbocycles. The average molecular weight is 179 g/mol. The van der Waals surface area contributed by atoms with E-state index in [0.717, 1.165) is 11.3 Å². The van der Waals surface area contributed by atoms with Crippen molar-refractivity contribution in [3.05, 3.63) is 23.4 Å². The van der Waals surface area contributed by atoms with Crippen LogP contribution in [0.3, 0.4) is 0 Å². The summed E-state index contributed by atoms with van der Waals surface area (Å²) < 4.78 is 0. The number of pyridine rings is 1. The summed E-state index contributed by atoms with van der Waals surface area (Å²) in [6, 6.07) is 3.49. The fraction of sp³-hybridized carbons (Fsp3) is 0.250. The molecule has 1 aromatic heterocycles. The van der Waals surface area contributed by atoms with Crippen molar-refractivity contribution >= 4 is 11.7 Å².